The van der Waals surface area contributed by atoms with Crippen molar-refractivity contribution in [3.63, 3.8) is 0 Å². The number of nitrogens with zero attached hydrogens (tertiary/aromatic N) is 1. The van der Waals surface area contributed by atoms with Crippen molar-refractivity contribution < 1.29 is 9.76 Å². The number of benzene rings is 1. The molecule has 0 saturated heterocycles. The second-order valence-corrected chi connectivity index (χ2v) is 11.4. The number of fused-ring (bicyclic) bond motifs is 1. The summed E-state index contributed by atoms with van der Waals surface area (Å²) in [5, 5.41) is 10.2. The topological polar surface area (TPSA) is 42.4 Å². The van der Waals surface area contributed by atoms with E-state index in [1.165, 1.54) is 11.1 Å². The Bertz CT molecular complexity index is 934. The summed E-state index contributed by atoms with van der Waals surface area (Å²) in [6.07, 6.45) is 1.82. The Balaban J connectivity index is 1.86. The molecular formula is C26H37BNO2. The van der Waals surface area contributed by atoms with Crippen molar-refractivity contribution in [3.05, 3.63) is 47.7 Å². The van der Waals surface area contributed by atoms with Crippen LogP contribution in [-0.4, -0.2) is 28.8 Å². The monoisotopic (exact) mass is 406 g/mol. The van der Waals surface area contributed by atoms with E-state index in [9.17, 15) is 5.11 Å². The molecule has 3 rings (SSSR count). The fourth-order valence-electron chi connectivity index (χ4n) is 4.23. The molecule has 0 unspecified atom stereocenters. The van der Waals surface area contributed by atoms with Gasteiger partial charge in [0, 0.05) is 11.8 Å². The van der Waals surface area contributed by atoms with Crippen LogP contribution in [0, 0.1) is 5.41 Å². The molecule has 161 valence electrons. The van der Waals surface area contributed by atoms with E-state index in [4.69, 9.17) is 4.65 Å². The van der Waals surface area contributed by atoms with E-state index in [0.29, 0.717) is 0 Å². The minimum absolute atomic E-state index is 0.0755. The van der Waals surface area contributed by atoms with Crippen LogP contribution in [0.4, 0.5) is 0 Å². The molecule has 0 spiro atoms. The summed E-state index contributed by atoms with van der Waals surface area (Å²) in [6, 6.07) is 10.8. The molecule has 1 aliphatic carbocycles. The molecule has 0 aliphatic heterocycles. The van der Waals surface area contributed by atoms with Crippen molar-refractivity contribution in [1.82, 2.24) is 4.98 Å². The fraction of sp³-hybridized carbons (Fsp3) is 0.577. The van der Waals surface area contributed by atoms with Crippen molar-refractivity contribution in [1.29, 1.82) is 0 Å². The van der Waals surface area contributed by atoms with Crippen LogP contribution in [0.1, 0.15) is 80.4 Å². The van der Waals surface area contributed by atoms with Crippen molar-refractivity contribution in [2.45, 2.75) is 91.3 Å². The maximum Gasteiger partial charge on any atom is 0.332 e. The molecular weight excluding hydrogens is 369 g/mol. The summed E-state index contributed by atoms with van der Waals surface area (Å²) in [5.74, 6) is 0. The van der Waals surface area contributed by atoms with Crippen LogP contribution in [0.3, 0.4) is 0 Å². The summed E-state index contributed by atoms with van der Waals surface area (Å²) < 4.78 is 5.84. The van der Waals surface area contributed by atoms with Crippen molar-refractivity contribution >= 4 is 12.9 Å². The molecule has 2 aromatic rings. The van der Waals surface area contributed by atoms with E-state index < -0.39 is 11.2 Å². The van der Waals surface area contributed by atoms with Gasteiger partial charge in [0.1, 0.15) is 0 Å². The molecule has 1 heterocycles. The molecule has 1 N–H and O–H groups in total. The van der Waals surface area contributed by atoms with Gasteiger partial charge in [0.15, 0.2) is 0 Å². The highest BCUT2D eigenvalue weighted by molar-refractivity contribution is 6.46. The Kier molecular flexibility index (Phi) is 5.32. The zero-order chi connectivity index (χ0) is 22.8. The predicted molar refractivity (Wildman–Crippen MR) is 126 cm³/mol. The van der Waals surface area contributed by atoms with Crippen molar-refractivity contribution in [2.24, 2.45) is 5.41 Å². The maximum absolute atomic E-state index is 10.2. The molecule has 0 fully saturated rings. The van der Waals surface area contributed by atoms with Crippen LogP contribution >= 0.6 is 0 Å². The van der Waals surface area contributed by atoms with Gasteiger partial charge in [-0.3, -0.25) is 4.98 Å². The number of aromatic nitrogens is 1. The molecule has 0 amide bonds. The Morgan fingerprint density at radius 3 is 2.00 bits per heavy atom. The minimum atomic E-state index is -0.949. The molecule has 1 aromatic carbocycles. The average Bonchev–Trinajstić information content (AvgIpc) is 2.74. The number of hydrogen-bond donors (Lipinski definition) is 1. The highest BCUT2D eigenvalue weighted by Crippen LogP contribution is 2.61. The third-order valence-electron chi connectivity index (χ3n) is 8.54. The van der Waals surface area contributed by atoms with Crippen LogP contribution in [0.2, 0.25) is 0 Å². The Morgan fingerprint density at radius 2 is 1.47 bits per heavy atom. The van der Waals surface area contributed by atoms with Crippen molar-refractivity contribution in [2.75, 3.05) is 0 Å². The summed E-state index contributed by atoms with van der Waals surface area (Å²) >= 11 is 0. The number of pyridine rings is 1. The molecule has 3 nitrogen and oxygen atoms in total. The minimum Gasteiger partial charge on any atom is -0.427 e. The molecule has 1 aliphatic rings. The molecule has 0 saturated carbocycles. The SMILES string of the molecule is CC(C)(O)C(C)(C)O[B]c1ccc(-c2ccc3c(c2)C(C)(C)C(C)(C)C3(C)C)nc1. The molecule has 1 aromatic heterocycles. The summed E-state index contributed by atoms with van der Waals surface area (Å²) in [5.41, 5.74) is 4.52. The highest BCUT2D eigenvalue weighted by Gasteiger charge is 2.56. The second-order valence-electron chi connectivity index (χ2n) is 11.4. The molecule has 0 atom stereocenters. The Hall–Kier alpha value is -1.65. The summed E-state index contributed by atoms with van der Waals surface area (Å²) in [4.78, 5) is 4.68. The quantitative estimate of drug-likeness (QED) is 0.698. The van der Waals surface area contributed by atoms with E-state index in [0.717, 1.165) is 16.7 Å². The lowest BCUT2D eigenvalue weighted by atomic mass is 9.59. The largest absolute Gasteiger partial charge is 0.427 e. The van der Waals surface area contributed by atoms with Crippen LogP contribution in [0.25, 0.3) is 11.3 Å². The Morgan fingerprint density at radius 1 is 0.867 bits per heavy atom. The van der Waals surface area contributed by atoms with Gasteiger partial charge in [-0.15, -0.1) is 0 Å². The van der Waals surface area contributed by atoms with Crippen LogP contribution in [-0.2, 0) is 15.5 Å². The van der Waals surface area contributed by atoms with E-state index in [2.05, 4.69) is 64.7 Å². The van der Waals surface area contributed by atoms with Crippen molar-refractivity contribution in [3.8, 4) is 11.3 Å². The normalized spacial score (nSPS) is 19.4. The maximum atomic E-state index is 10.2. The molecule has 4 heteroatoms. The predicted octanol–water partition coefficient (Wildman–Crippen LogP) is 5.15. The van der Waals surface area contributed by atoms with Gasteiger partial charge in [0.05, 0.1) is 16.9 Å². The summed E-state index contributed by atoms with van der Waals surface area (Å²) in [7, 11) is 1.67. The first-order valence-corrected chi connectivity index (χ1v) is 10.9. The lowest BCUT2D eigenvalue weighted by Crippen LogP contribution is -2.49. The summed E-state index contributed by atoms with van der Waals surface area (Å²) in [6.45, 7) is 21.4. The van der Waals surface area contributed by atoms with Gasteiger partial charge in [-0.2, -0.15) is 0 Å². The average molecular weight is 406 g/mol. The van der Waals surface area contributed by atoms with Gasteiger partial charge < -0.3 is 9.76 Å². The van der Waals surface area contributed by atoms with Gasteiger partial charge in [-0.1, -0.05) is 59.7 Å². The van der Waals surface area contributed by atoms with Gasteiger partial charge in [0.2, 0.25) is 0 Å². The van der Waals surface area contributed by atoms with E-state index >= 15 is 0 Å². The van der Waals surface area contributed by atoms with Crippen LogP contribution < -0.4 is 5.46 Å². The Labute approximate surface area is 183 Å². The third-order valence-corrected chi connectivity index (χ3v) is 8.54. The van der Waals surface area contributed by atoms with Gasteiger partial charge in [-0.05, 0) is 72.7 Å². The molecule has 30 heavy (non-hydrogen) atoms. The number of hydrogen-bond acceptors (Lipinski definition) is 3. The highest BCUT2D eigenvalue weighted by atomic mass is 16.5. The van der Waals surface area contributed by atoms with E-state index in [1.807, 2.05) is 32.2 Å². The standard InChI is InChI=1S/C26H37BNO2/c1-22(2)19-13-11-17(15-20(19)23(3,4)24(22,5)6)21-14-12-18(16-28-21)27-30-26(9,10)25(7,8)29/h11-16,29H,1-10H3. The molecule has 0 bridgehead atoms. The zero-order valence-electron chi connectivity index (χ0n) is 20.3. The van der Waals surface area contributed by atoms with Crippen LogP contribution in [0.5, 0.6) is 0 Å². The van der Waals surface area contributed by atoms with Gasteiger partial charge in [-0.25, -0.2) is 0 Å². The lowest BCUT2D eigenvalue weighted by Gasteiger charge is -2.44. The number of aliphatic hydroxyl groups is 1. The number of rotatable bonds is 5. The molecule has 1 radical (unpaired) electrons. The van der Waals surface area contributed by atoms with Gasteiger partial charge in [0.25, 0.3) is 0 Å². The first-order chi connectivity index (χ1) is 13.5. The first kappa shape index (κ1) is 23.0. The van der Waals surface area contributed by atoms with E-state index in [-0.39, 0.29) is 16.2 Å². The zero-order valence-corrected chi connectivity index (χ0v) is 20.3. The first-order valence-electron chi connectivity index (χ1n) is 10.9. The second kappa shape index (κ2) is 6.93. The fourth-order valence-corrected chi connectivity index (χ4v) is 4.23. The third kappa shape index (κ3) is 3.42. The van der Waals surface area contributed by atoms with E-state index in [1.54, 1.807) is 21.3 Å². The smallest absolute Gasteiger partial charge is 0.332 e. The van der Waals surface area contributed by atoms with Crippen LogP contribution in [0.15, 0.2) is 36.5 Å². The lowest BCUT2D eigenvalue weighted by molar-refractivity contribution is -0.0893. The van der Waals surface area contributed by atoms with Gasteiger partial charge >= 0.3 is 7.48 Å².